The van der Waals surface area contributed by atoms with Crippen molar-refractivity contribution in [3.63, 3.8) is 0 Å². The molecule has 2 aromatic rings. The number of benzene rings is 2. The van der Waals surface area contributed by atoms with E-state index in [0.29, 0.717) is 11.4 Å². The van der Waals surface area contributed by atoms with E-state index in [-0.39, 0.29) is 5.43 Å². The van der Waals surface area contributed by atoms with Crippen LogP contribution in [-0.2, 0) is 0 Å². The molecule has 0 atom stereocenters. The van der Waals surface area contributed by atoms with Crippen LogP contribution in [-0.4, -0.2) is 9.38 Å². The highest BCUT2D eigenvalue weighted by Crippen LogP contribution is 2.25. The second-order valence-corrected chi connectivity index (χ2v) is 4.13. The molecule has 0 saturated heterocycles. The van der Waals surface area contributed by atoms with Crippen LogP contribution >= 0.6 is 0 Å². The summed E-state index contributed by atoms with van der Waals surface area (Å²) in [5.74, 6) is 0.495. The predicted molar refractivity (Wildman–Crippen MR) is 67.9 cm³/mol. The second-order valence-electron chi connectivity index (χ2n) is 4.13. The maximum absolute atomic E-state index is 11.8. The molecule has 86 valence electrons. The van der Waals surface area contributed by atoms with Crippen LogP contribution in [0.15, 0.2) is 57.9 Å². The van der Waals surface area contributed by atoms with Crippen molar-refractivity contribution in [2.45, 2.75) is 0 Å². The molecular weight excluding hydrogens is 228 g/mol. The van der Waals surface area contributed by atoms with E-state index in [4.69, 9.17) is 4.42 Å². The first-order valence-corrected chi connectivity index (χ1v) is 5.63. The van der Waals surface area contributed by atoms with E-state index in [2.05, 4.69) is 4.98 Å². The van der Waals surface area contributed by atoms with Crippen molar-refractivity contribution in [2.24, 2.45) is 0 Å². The molecule has 0 N–H and O–H groups in total. The number of fused-ring (bicyclic) bond motifs is 5. The maximum atomic E-state index is 11.8. The fourth-order valence-corrected chi connectivity index (χ4v) is 2.27. The summed E-state index contributed by atoms with van der Waals surface area (Å²) in [6.45, 7) is 0. The number of rotatable bonds is 0. The van der Waals surface area contributed by atoms with Gasteiger partial charge in [0, 0.05) is 6.20 Å². The zero-order chi connectivity index (χ0) is 12.1. The number of hydrogen-bond acceptors (Lipinski definition) is 3. The second kappa shape index (κ2) is 3.20. The molecule has 4 nitrogen and oxygen atoms in total. The average Bonchev–Trinajstić information content (AvgIpc) is 2.77. The van der Waals surface area contributed by atoms with Gasteiger partial charge in [-0.2, -0.15) is 0 Å². The van der Waals surface area contributed by atoms with Gasteiger partial charge in [-0.05, 0) is 24.3 Å². The van der Waals surface area contributed by atoms with Gasteiger partial charge in [-0.25, -0.2) is 4.98 Å². The molecule has 0 fully saturated rings. The Bertz CT molecular complexity index is 904. The molecule has 2 heterocycles. The Labute approximate surface area is 101 Å². The molecule has 1 aromatic heterocycles. The molecule has 0 unspecified atom stereocenters. The Morgan fingerprint density at radius 3 is 2.89 bits per heavy atom. The molecule has 0 spiro atoms. The minimum absolute atomic E-state index is 0.0281. The molecule has 0 amide bonds. The summed E-state index contributed by atoms with van der Waals surface area (Å²) < 4.78 is 7.52. The van der Waals surface area contributed by atoms with Gasteiger partial charge in [-0.3, -0.25) is 9.20 Å². The van der Waals surface area contributed by atoms with Crippen molar-refractivity contribution >= 4 is 16.9 Å². The predicted octanol–water partition coefficient (Wildman–Crippen LogP) is 2.55. The first kappa shape index (κ1) is 9.41. The normalized spacial score (nSPS) is 11.6. The van der Waals surface area contributed by atoms with E-state index < -0.39 is 0 Å². The van der Waals surface area contributed by atoms with Crippen molar-refractivity contribution in [3.8, 4) is 11.3 Å². The Kier molecular flexibility index (Phi) is 1.67. The standard InChI is InChI=1S/C14H8N2O2/c17-12-6-3-5-10-9(12)8-15-14-16(10)11-4-1-2-7-13(11)18-14/h1-8H. The van der Waals surface area contributed by atoms with Gasteiger partial charge in [-0.1, -0.05) is 18.2 Å². The van der Waals surface area contributed by atoms with Crippen LogP contribution in [0, 0.1) is 0 Å². The van der Waals surface area contributed by atoms with Crippen LogP contribution in [0.2, 0.25) is 0 Å². The summed E-state index contributed by atoms with van der Waals surface area (Å²) in [5, 5.41) is 0. The molecule has 0 bridgehead atoms. The fraction of sp³-hybridized carbons (Fsp3) is 0. The lowest BCUT2D eigenvalue weighted by atomic mass is 10.1. The van der Waals surface area contributed by atoms with Gasteiger partial charge >= 0.3 is 5.84 Å². The Morgan fingerprint density at radius 1 is 1.06 bits per heavy atom. The molecule has 1 aliphatic heterocycles. The third-order valence-corrected chi connectivity index (χ3v) is 3.09. The summed E-state index contributed by atoms with van der Waals surface area (Å²) in [5.41, 5.74) is 3.06. The number of para-hydroxylation sites is 2. The summed E-state index contributed by atoms with van der Waals surface area (Å²) in [7, 11) is 0. The number of hydrogen-bond donors (Lipinski definition) is 0. The Morgan fingerprint density at radius 2 is 1.94 bits per heavy atom. The Hall–Kier alpha value is -2.62. The Balaban J connectivity index is 2.34. The molecule has 1 aromatic carbocycles. The van der Waals surface area contributed by atoms with Crippen LogP contribution in [0.1, 0.15) is 0 Å². The lowest BCUT2D eigenvalue weighted by Gasteiger charge is -2.05. The van der Waals surface area contributed by atoms with Crippen molar-refractivity contribution < 1.29 is 4.42 Å². The van der Waals surface area contributed by atoms with Crippen molar-refractivity contribution in [3.05, 3.63) is 58.9 Å². The molecule has 0 radical (unpaired) electrons. The van der Waals surface area contributed by atoms with Crippen LogP contribution in [0.4, 0.5) is 0 Å². The van der Waals surface area contributed by atoms with E-state index in [0.717, 1.165) is 16.8 Å². The summed E-state index contributed by atoms with van der Waals surface area (Å²) in [6, 6.07) is 12.9. The lowest BCUT2D eigenvalue weighted by molar-refractivity contribution is 0.636. The van der Waals surface area contributed by atoms with E-state index in [1.165, 1.54) is 0 Å². The minimum atomic E-state index is -0.0281. The first-order chi connectivity index (χ1) is 8.84. The largest absolute Gasteiger partial charge is 0.423 e. The van der Waals surface area contributed by atoms with E-state index >= 15 is 0 Å². The monoisotopic (exact) mass is 236 g/mol. The molecule has 4 rings (SSSR count). The topological polar surface area (TPSA) is 47.5 Å². The lowest BCUT2D eigenvalue weighted by Crippen LogP contribution is -2.07. The van der Waals surface area contributed by atoms with Crippen molar-refractivity contribution in [2.75, 3.05) is 0 Å². The number of nitrogens with zero attached hydrogens (tertiary/aromatic N) is 2. The maximum Gasteiger partial charge on any atom is 0.307 e. The number of oxazole rings is 1. The van der Waals surface area contributed by atoms with E-state index in [9.17, 15) is 4.79 Å². The highest BCUT2D eigenvalue weighted by Gasteiger charge is 2.14. The molecular formula is C14H8N2O2. The van der Waals surface area contributed by atoms with Crippen LogP contribution in [0.5, 0.6) is 0 Å². The van der Waals surface area contributed by atoms with Crippen LogP contribution in [0.25, 0.3) is 28.2 Å². The highest BCUT2D eigenvalue weighted by molar-refractivity contribution is 5.80. The van der Waals surface area contributed by atoms with E-state index in [1.54, 1.807) is 18.3 Å². The van der Waals surface area contributed by atoms with Crippen LogP contribution in [0.3, 0.4) is 0 Å². The zero-order valence-corrected chi connectivity index (χ0v) is 9.33. The molecule has 18 heavy (non-hydrogen) atoms. The summed E-state index contributed by atoms with van der Waals surface area (Å²) in [4.78, 5) is 16.0. The quantitative estimate of drug-likeness (QED) is 0.471. The van der Waals surface area contributed by atoms with Crippen LogP contribution < -0.4 is 5.43 Å². The van der Waals surface area contributed by atoms with Gasteiger partial charge in [0.25, 0.3) is 0 Å². The van der Waals surface area contributed by atoms with Crippen molar-refractivity contribution in [1.82, 2.24) is 9.38 Å². The summed E-state index contributed by atoms with van der Waals surface area (Å²) >= 11 is 0. The molecule has 1 aliphatic carbocycles. The van der Waals surface area contributed by atoms with Gasteiger partial charge in [-0.15, -0.1) is 0 Å². The fourth-order valence-electron chi connectivity index (χ4n) is 2.27. The third-order valence-electron chi connectivity index (χ3n) is 3.09. The van der Waals surface area contributed by atoms with E-state index in [1.807, 2.05) is 34.7 Å². The average molecular weight is 236 g/mol. The van der Waals surface area contributed by atoms with Gasteiger partial charge in [0.1, 0.15) is 0 Å². The van der Waals surface area contributed by atoms with Gasteiger partial charge < -0.3 is 4.42 Å². The molecule has 2 aliphatic rings. The zero-order valence-electron chi connectivity index (χ0n) is 9.33. The van der Waals surface area contributed by atoms with Crippen molar-refractivity contribution in [1.29, 1.82) is 0 Å². The molecule has 4 heteroatoms. The minimum Gasteiger partial charge on any atom is -0.423 e. The van der Waals surface area contributed by atoms with Gasteiger partial charge in [0.05, 0.1) is 16.8 Å². The highest BCUT2D eigenvalue weighted by atomic mass is 16.4. The molecule has 0 saturated carbocycles. The smallest absolute Gasteiger partial charge is 0.307 e. The SMILES string of the molecule is O=c1cccc2n3c(ncc1-2)oc1ccccc13. The van der Waals surface area contributed by atoms with Gasteiger partial charge in [0.2, 0.25) is 0 Å². The summed E-state index contributed by atoms with van der Waals surface area (Å²) in [6.07, 6.45) is 1.56. The first-order valence-electron chi connectivity index (χ1n) is 5.63. The third kappa shape index (κ3) is 1.09. The van der Waals surface area contributed by atoms with Gasteiger partial charge in [0.15, 0.2) is 11.0 Å². The number of aromatic nitrogens is 2.